The molecule has 118 valence electrons. The number of hydrogen-bond acceptors (Lipinski definition) is 2. The molecule has 0 aliphatic carbocycles. The molecule has 0 aromatic rings. The first-order chi connectivity index (χ1) is 9.11. The lowest BCUT2D eigenvalue weighted by Crippen LogP contribution is -2.42. The van der Waals surface area contributed by atoms with Crippen LogP contribution in [-0.2, 0) is 4.79 Å². The molecule has 1 aliphatic rings. The van der Waals surface area contributed by atoms with Crippen molar-refractivity contribution >= 4 is 5.91 Å². The standard InChI is InChI=1S/C14H25F3N2O/c1-9(2)8-11-13(20)19(12(18-11)10(3)4)7-5-6-14(15,16)17/h9-12,18H,5-8H2,1-4H3. The van der Waals surface area contributed by atoms with Gasteiger partial charge in [0.15, 0.2) is 0 Å². The van der Waals surface area contributed by atoms with E-state index in [4.69, 9.17) is 0 Å². The molecule has 1 aliphatic heterocycles. The number of amides is 1. The van der Waals surface area contributed by atoms with Crippen molar-refractivity contribution in [2.75, 3.05) is 6.54 Å². The molecule has 1 amide bonds. The molecule has 0 saturated carbocycles. The number of rotatable bonds is 6. The molecule has 3 nitrogen and oxygen atoms in total. The Kier molecular flexibility index (Phi) is 5.86. The Balaban J connectivity index is 2.63. The Morgan fingerprint density at radius 2 is 1.85 bits per heavy atom. The molecule has 0 radical (unpaired) electrons. The van der Waals surface area contributed by atoms with Crippen molar-refractivity contribution in [2.45, 2.75) is 65.3 Å². The van der Waals surface area contributed by atoms with Gasteiger partial charge in [-0.25, -0.2) is 0 Å². The monoisotopic (exact) mass is 294 g/mol. The second kappa shape index (κ2) is 6.78. The summed E-state index contributed by atoms with van der Waals surface area (Å²) in [5.41, 5.74) is 0. The highest BCUT2D eigenvalue weighted by atomic mass is 19.4. The van der Waals surface area contributed by atoms with E-state index < -0.39 is 12.6 Å². The normalized spacial score (nSPS) is 24.2. The maximum absolute atomic E-state index is 12.3. The molecule has 0 bridgehead atoms. The predicted molar refractivity (Wildman–Crippen MR) is 72.0 cm³/mol. The molecule has 0 aromatic carbocycles. The summed E-state index contributed by atoms with van der Waals surface area (Å²) in [5, 5.41) is 3.26. The van der Waals surface area contributed by atoms with Crippen LogP contribution in [0.3, 0.4) is 0 Å². The Morgan fingerprint density at radius 3 is 2.30 bits per heavy atom. The summed E-state index contributed by atoms with van der Waals surface area (Å²) in [6.07, 6.45) is -4.46. The second-order valence-corrected chi connectivity index (χ2v) is 6.29. The molecule has 0 spiro atoms. The van der Waals surface area contributed by atoms with Crippen LogP contribution in [0, 0.1) is 11.8 Å². The third-order valence-electron chi connectivity index (χ3n) is 3.49. The van der Waals surface area contributed by atoms with E-state index in [1.165, 1.54) is 0 Å². The first kappa shape index (κ1) is 17.3. The molecule has 1 heterocycles. The zero-order valence-electron chi connectivity index (χ0n) is 12.6. The van der Waals surface area contributed by atoms with Gasteiger partial charge in [-0.15, -0.1) is 0 Å². The van der Waals surface area contributed by atoms with Crippen molar-refractivity contribution in [1.29, 1.82) is 0 Å². The molecule has 20 heavy (non-hydrogen) atoms. The van der Waals surface area contributed by atoms with Crippen molar-refractivity contribution in [3.05, 3.63) is 0 Å². The summed E-state index contributed by atoms with van der Waals surface area (Å²) in [5.74, 6) is 0.501. The Morgan fingerprint density at radius 1 is 1.25 bits per heavy atom. The van der Waals surface area contributed by atoms with Crippen LogP contribution in [-0.4, -0.2) is 35.7 Å². The van der Waals surface area contributed by atoms with Crippen molar-refractivity contribution in [3.63, 3.8) is 0 Å². The van der Waals surface area contributed by atoms with Crippen molar-refractivity contribution < 1.29 is 18.0 Å². The van der Waals surface area contributed by atoms with Crippen LogP contribution in [0.15, 0.2) is 0 Å². The van der Waals surface area contributed by atoms with Crippen molar-refractivity contribution in [2.24, 2.45) is 11.8 Å². The van der Waals surface area contributed by atoms with Gasteiger partial charge in [-0.05, 0) is 24.7 Å². The van der Waals surface area contributed by atoms with Gasteiger partial charge in [0.2, 0.25) is 5.91 Å². The van der Waals surface area contributed by atoms with Crippen molar-refractivity contribution in [1.82, 2.24) is 10.2 Å². The number of alkyl halides is 3. The summed E-state index contributed by atoms with van der Waals surface area (Å²) < 4.78 is 36.6. The largest absolute Gasteiger partial charge is 0.389 e. The molecule has 0 aromatic heterocycles. The fourth-order valence-electron chi connectivity index (χ4n) is 2.60. The predicted octanol–water partition coefficient (Wildman–Crippen LogP) is 3.16. The summed E-state index contributed by atoms with van der Waals surface area (Å²) >= 11 is 0. The van der Waals surface area contributed by atoms with E-state index in [1.807, 2.05) is 27.7 Å². The van der Waals surface area contributed by atoms with Gasteiger partial charge in [0.25, 0.3) is 0 Å². The number of nitrogens with zero attached hydrogens (tertiary/aromatic N) is 1. The molecular formula is C14H25F3N2O. The zero-order valence-corrected chi connectivity index (χ0v) is 12.6. The molecular weight excluding hydrogens is 269 g/mol. The number of halogens is 3. The topological polar surface area (TPSA) is 32.3 Å². The number of hydrogen-bond donors (Lipinski definition) is 1. The van der Waals surface area contributed by atoms with Gasteiger partial charge in [0.05, 0.1) is 12.2 Å². The highest BCUT2D eigenvalue weighted by Gasteiger charge is 2.40. The van der Waals surface area contributed by atoms with Crippen LogP contribution in [0.4, 0.5) is 13.2 Å². The fraction of sp³-hybridized carbons (Fsp3) is 0.929. The fourth-order valence-corrected chi connectivity index (χ4v) is 2.60. The third kappa shape index (κ3) is 4.96. The number of nitrogens with one attached hydrogen (secondary N) is 1. The van der Waals surface area contributed by atoms with E-state index in [-0.39, 0.29) is 37.0 Å². The first-order valence-electron chi connectivity index (χ1n) is 7.25. The van der Waals surface area contributed by atoms with E-state index in [2.05, 4.69) is 5.32 Å². The minimum atomic E-state index is -4.15. The smallest absolute Gasteiger partial charge is 0.326 e. The van der Waals surface area contributed by atoms with Crippen LogP contribution >= 0.6 is 0 Å². The van der Waals surface area contributed by atoms with E-state index in [0.29, 0.717) is 5.92 Å². The molecule has 1 fully saturated rings. The van der Waals surface area contributed by atoms with Gasteiger partial charge in [-0.1, -0.05) is 27.7 Å². The first-order valence-corrected chi connectivity index (χ1v) is 7.25. The van der Waals surface area contributed by atoms with Gasteiger partial charge in [-0.2, -0.15) is 13.2 Å². The molecule has 2 unspecified atom stereocenters. The lowest BCUT2D eigenvalue weighted by atomic mass is 10.0. The highest BCUT2D eigenvalue weighted by Crippen LogP contribution is 2.25. The van der Waals surface area contributed by atoms with Gasteiger partial charge >= 0.3 is 6.18 Å². The summed E-state index contributed by atoms with van der Waals surface area (Å²) in [6, 6.07) is -0.256. The Bertz CT molecular complexity index is 329. The zero-order chi connectivity index (χ0) is 15.5. The van der Waals surface area contributed by atoms with E-state index in [9.17, 15) is 18.0 Å². The molecule has 1 saturated heterocycles. The van der Waals surface area contributed by atoms with E-state index >= 15 is 0 Å². The highest BCUT2D eigenvalue weighted by molar-refractivity contribution is 5.84. The lowest BCUT2D eigenvalue weighted by molar-refractivity contribution is -0.140. The van der Waals surface area contributed by atoms with E-state index in [1.54, 1.807) is 4.90 Å². The lowest BCUT2D eigenvalue weighted by Gasteiger charge is -2.27. The quantitative estimate of drug-likeness (QED) is 0.816. The Labute approximate surface area is 118 Å². The summed E-state index contributed by atoms with van der Waals surface area (Å²) in [4.78, 5) is 13.9. The van der Waals surface area contributed by atoms with E-state index in [0.717, 1.165) is 6.42 Å². The SMILES string of the molecule is CC(C)CC1NC(C(C)C)N(CCCC(F)(F)F)C1=O. The minimum Gasteiger partial charge on any atom is -0.326 e. The van der Waals surface area contributed by atoms with Crippen LogP contribution in [0.1, 0.15) is 47.0 Å². The average molecular weight is 294 g/mol. The van der Waals surface area contributed by atoms with Crippen LogP contribution in [0.5, 0.6) is 0 Å². The van der Waals surface area contributed by atoms with Gasteiger partial charge in [0, 0.05) is 13.0 Å². The van der Waals surface area contributed by atoms with Gasteiger partial charge in [0.1, 0.15) is 0 Å². The second-order valence-electron chi connectivity index (χ2n) is 6.29. The van der Waals surface area contributed by atoms with Crippen molar-refractivity contribution in [3.8, 4) is 0 Å². The Hall–Kier alpha value is -0.780. The van der Waals surface area contributed by atoms with Crippen LogP contribution < -0.4 is 5.32 Å². The third-order valence-corrected chi connectivity index (χ3v) is 3.49. The van der Waals surface area contributed by atoms with Gasteiger partial charge in [-0.3, -0.25) is 10.1 Å². The molecule has 6 heteroatoms. The molecule has 1 rings (SSSR count). The molecule has 2 atom stereocenters. The number of carbonyl (C=O) groups excluding carboxylic acids is 1. The van der Waals surface area contributed by atoms with Crippen LogP contribution in [0.2, 0.25) is 0 Å². The van der Waals surface area contributed by atoms with Gasteiger partial charge < -0.3 is 4.90 Å². The summed E-state index contributed by atoms with van der Waals surface area (Å²) in [7, 11) is 0. The summed E-state index contributed by atoms with van der Waals surface area (Å²) in [6.45, 7) is 8.18. The van der Waals surface area contributed by atoms with Crippen LogP contribution in [0.25, 0.3) is 0 Å². The average Bonchev–Trinajstić information content (AvgIpc) is 2.55. The number of carbonyl (C=O) groups is 1. The minimum absolute atomic E-state index is 0.0332. The maximum Gasteiger partial charge on any atom is 0.389 e. The maximum atomic E-state index is 12.3. The molecule has 1 N–H and O–H groups in total.